The monoisotopic (exact) mass is 629 g/mol. The number of halogens is 2. The summed E-state index contributed by atoms with van der Waals surface area (Å²) in [5.41, 5.74) is 0.633. The molecular formula is C33H33F2N7O4. The van der Waals surface area contributed by atoms with Crippen LogP contribution in [0, 0.1) is 23.0 Å². The van der Waals surface area contributed by atoms with Gasteiger partial charge in [0.25, 0.3) is 0 Å². The van der Waals surface area contributed by atoms with Crippen LogP contribution in [0.4, 0.5) is 25.3 Å². The Morgan fingerprint density at radius 2 is 1.83 bits per heavy atom. The number of rotatable bonds is 4. The molecule has 0 spiro atoms. The number of piperazine rings is 1. The number of carbonyl (C=O) groups is 1. The number of ether oxygens (including phenoxy) is 2. The molecule has 13 heteroatoms. The van der Waals surface area contributed by atoms with Gasteiger partial charge in [-0.25, -0.2) is 28.5 Å². The lowest BCUT2D eigenvalue weighted by atomic mass is 9.90. The maximum absolute atomic E-state index is 16.9. The number of anilines is 1. The van der Waals surface area contributed by atoms with E-state index >= 15 is 8.78 Å². The molecule has 2 saturated heterocycles. The summed E-state index contributed by atoms with van der Waals surface area (Å²) in [7, 11) is 3.53. The van der Waals surface area contributed by atoms with Crippen molar-refractivity contribution in [2.75, 3.05) is 32.1 Å². The highest BCUT2D eigenvalue weighted by Crippen LogP contribution is 2.48. The molecule has 4 aromatic rings. The molecule has 46 heavy (non-hydrogen) atoms. The fourth-order valence-electron chi connectivity index (χ4n) is 6.89. The Hall–Kier alpha value is -4.83. The second kappa shape index (κ2) is 10.9. The standard InChI is InChI=1S/C33H33F2N7O4/c1-33(2,3)46-32(43)41-11-17-6-7-18(12-41)42(17)30-26-21-14-44-13-20(21)25(28(35)29(26)37-15-38-30)27-22(34)8-9-23-24(27)19(10-36)31(45-23)39-16-40(4)5/h8-9,15-18H,6-7,11-14H2,1-5H3. The molecule has 2 atom stereocenters. The van der Waals surface area contributed by atoms with Gasteiger partial charge in [-0.05, 0) is 56.9 Å². The van der Waals surface area contributed by atoms with Gasteiger partial charge < -0.3 is 28.6 Å². The highest BCUT2D eigenvalue weighted by atomic mass is 19.1. The van der Waals surface area contributed by atoms with Gasteiger partial charge in [0.15, 0.2) is 5.82 Å². The first-order valence-corrected chi connectivity index (χ1v) is 15.1. The van der Waals surface area contributed by atoms with E-state index in [9.17, 15) is 10.1 Å². The third-order valence-corrected chi connectivity index (χ3v) is 8.65. The molecule has 238 valence electrons. The van der Waals surface area contributed by atoms with Gasteiger partial charge in [-0.1, -0.05) is 0 Å². The number of nitrogens with zero attached hydrogens (tertiary/aromatic N) is 7. The molecule has 7 rings (SSSR count). The van der Waals surface area contributed by atoms with Gasteiger partial charge in [0, 0.05) is 50.4 Å². The minimum atomic E-state index is -0.738. The van der Waals surface area contributed by atoms with E-state index in [-0.39, 0.29) is 70.5 Å². The first kappa shape index (κ1) is 29.9. The number of fused-ring (bicyclic) bond motifs is 6. The summed E-state index contributed by atoms with van der Waals surface area (Å²) in [5, 5.41) is 10.8. The van der Waals surface area contributed by atoms with Gasteiger partial charge in [-0.3, -0.25) is 0 Å². The van der Waals surface area contributed by atoms with Crippen LogP contribution in [-0.4, -0.2) is 77.1 Å². The van der Waals surface area contributed by atoms with Crippen LogP contribution >= 0.6 is 0 Å². The molecule has 0 N–H and O–H groups in total. The summed E-state index contributed by atoms with van der Waals surface area (Å²) in [6.45, 7) is 6.59. The van der Waals surface area contributed by atoms with Gasteiger partial charge in [0.1, 0.15) is 46.3 Å². The van der Waals surface area contributed by atoms with Crippen molar-refractivity contribution in [2.45, 2.75) is 64.5 Å². The van der Waals surface area contributed by atoms with Gasteiger partial charge in [-0.2, -0.15) is 5.26 Å². The number of benzene rings is 2. The van der Waals surface area contributed by atoms with Crippen molar-refractivity contribution in [1.82, 2.24) is 19.8 Å². The summed E-state index contributed by atoms with van der Waals surface area (Å²) < 4.78 is 50.2. The fourth-order valence-corrected chi connectivity index (χ4v) is 6.89. The van der Waals surface area contributed by atoms with Gasteiger partial charge in [0.05, 0.1) is 30.3 Å². The predicted octanol–water partition coefficient (Wildman–Crippen LogP) is 6.03. The molecule has 2 aromatic carbocycles. The molecule has 3 aliphatic rings. The minimum absolute atomic E-state index is 0.00208. The van der Waals surface area contributed by atoms with Crippen molar-refractivity contribution in [2.24, 2.45) is 4.99 Å². The van der Waals surface area contributed by atoms with E-state index in [1.807, 2.05) is 20.8 Å². The van der Waals surface area contributed by atoms with Crippen LogP contribution in [0.2, 0.25) is 0 Å². The van der Waals surface area contributed by atoms with Gasteiger partial charge >= 0.3 is 6.09 Å². The van der Waals surface area contributed by atoms with Crippen molar-refractivity contribution >= 4 is 46.0 Å². The summed E-state index contributed by atoms with van der Waals surface area (Å²) in [4.78, 5) is 31.8. The van der Waals surface area contributed by atoms with E-state index in [0.29, 0.717) is 35.4 Å². The lowest BCUT2D eigenvalue weighted by Gasteiger charge is -2.42. The normalized spacial score (nSPS) is 19.3. The Morgan fingerprint density at radius 3 is 2.50 bits per heavy atom. The zero-order valence-electron chi connectivity index (χ0n) is 26.2. The molecule has 2 bridgehead atoms. The van der Waals surface area contributed by atoms with Gasteiger partial charge in [-0.15, -0.1) is 0 Å². The van der Waals surface area contributed by atoms with Crippen molar-refractivity contribution in [3.05, 3.63) is 46.8 Å². The molecule has 11 nitrogen and oxygen atoms in total. The first-order chi connectivity index (χ1) is 22.0. The topological polar surface area (TPSA) is 120 Å². The maximum Gasteiger partial charge on any atom is 0.410 e. The lowest BCUT2D eigenvalue weighted by Crippen LogP contribution is -2.56. The number of likely N-dealkylation sites (tertiary alicyclic amines) is 1. The van der Waals surface area contributed by atoms with Crippen molar-refractivity contribution in [3.8, 4) is 17.2 Å². The average Bonchev–Trinajstić information content (AvgIpc) is 3.69. The number of aliphatic imine (C=N–C) groups is 1. The highest BCUT2D eigenvalue weighted by Gasteiger charge is 2.44. The quantitative estimate of drug-likeness (QED) is 0.197. The Balaban J connectivity index is 1.38. The van der Waals surface area contributed by atoms with Crippen molar-refractivity contribution in [1.29, 1.82) is 5.26 Å². The Labute approximate surface area is 264 Å². The minimum Gasteiger partial charge on any atom is -0.444 e. The SMILES string of the molecule is CN(C)C=Nc1oc2ccc(F)c(-c3c4c(c5c(N6C7CCC6CN(C(=O)OC(C)(C)C)C7)ncnc5c3F)COC4)c2c1C#N. The van der Waals surface area contributed by atoms with E-state index in [1.54, 1.807) is 23.9 Å². The highest BCUT2D eigenvalue weighted by molar-refractivity contribution is 6.05. The number of carbonyl (C=O) groups excluding carboxylic acids is 1. The molecule has 0 aliphatic carbocycles. The maximum atomic E-state index is 16.9. The summed E-state index contributed by atoms with van der Waals surface area (Å²) in [6, 6.07) is 4.58. The number of amides is 1. The smallest absolute Gasteiger partial charge is 0.410 e. The number of furan rings is 1. The lowest BCUT2D eigenvalue weighted by molar-refractivity contribution is 0.0209. The van der Waals surface area contributed by atoms with E-state index in [1.165, 1.54) is 24.8 Å². The molecule has 2 fully saturated rings. The predicted molar refractivity (Wildman–Crippen MR) is 167 cm³/mol. The van der Waals surface area contributed by atoms with Crippen molar-refractivity contribution in [3.63, 3.8) is 0 Å². The molecule has 0 saturated carbocycles. The number of hydrogen-bond acceptors (Lipinski definition) is 9. The molecule has 3 aliphatic heterocycles. The fraction of sp³-hybridized carbons (Fsp3) is 0.424. The largest absolute Gasteiger partial charge is 0.444 e. The third-order valence-electron chi connectivity index (χ3n) is 8.65. The number of nitriles is 1. The second-order valence-corrected chi connectivity index (χ2v) is 13.1. The number of aromatic nitrogens is 2. The number of hydrogen-bond donors (Lipinski definition) is 0. The van der Waals surface area contributed by atoms with Crippen molar-refractivity contribution < 1.29 is 27.5 Å². The molecule has 1 amide bonds. The molecule has 2 aromatic heterocycles. The zero-order valence-corrected chi connectivity index (χ0v) is 26.2. The Morgan fingerprint density at radius 1 is 1.11 bits per heavy atom. The molecule has 5 heterocycles. The summed E-state index contributed by atoms with van der Waals surface area (Å²) in [6.07, 6.45) is 4.09. The Bertz CT molecular complexity index is 1960. The summed E-state index contributed by atoms with van der Waals surface area (Å²) >= 11 is 0. The average molecular weight is 630 g/mol. The van der Waals surface area contributed by atoms with Crippen LogP contribution in [0.1, 0.15) is 50.3 Å². The first-order valence-electron chi connectivity index (χ1n) is 15.1. The van der Waals surface area contributed by atoms with E-state index in [0.717, 1.165) is 12.8 Å². The molecular weight excluding hydrogens is 596 g/mol. The van der Waals surface area contributed by atoms with Crippen LogP contribution in [0.15, 0.2) is 27.9 Å². The van der Waals surface area contributed by atoms with Crippen LogP contribution in [0.25, 0.3) is 33.0 Å². The van der Waals surface area contributed by atoms with Crippen LogP contribution in [0.3, 0.4) is 0 Å². The van der Waals surface area contributed by atoms with Crippen LogP contribution in [-0.2, 0) is 22.7 Å². The van der Waals surface area contributed by atoms with E-state index in [2.05, 4.69) is 25.9 Å². The van der Waals surface area contributed by atoms with E-state index < -0.39 is 17.2 Å². The molecule has 2 unspecified atom stereocenters. The third kappa shape index (κ3) is 4.79. The summed E-state index contributed by atoms with van der Waals surface area (Å²) in [5.74, 6) is -0.894. The zero-order chi connectivity index (χ0) is 32.5. The van der Waals surface area contributed by atoms with Crippen LogP contribution < -0.4 is 4.90 Å². The second-order valence-electron chi connectivity index (χ2n) is 13.1. The van der Waals surface area contributed by atoms with Gasteiger partial charge in [0.2, 0.25) is 5.88 Å². The van der Waals surface area contributed by atoms with E-state index in [4.69, 9.17) is 13.9 Å². The molecule has 0 radical (unpaired) electrons. The Kier molecular flexibility index (Phi) is 7.08. The van der Waals surface area contributed by atoms with Crippen LogP contribution in [0.5, 0.6) is 0 Å².